The lowest BCUT2D eigenvalue weighted by atomic mass is 10.0. The lowest BCUT2D eigenvalue weighted by Gasteiger charge is -2.14. The molecule has 2 aromatic rings. The smallest absolute Gasteiger partial charge is 0.254 e. The molecule has 0 aliphatic carbocycles. The van der Waals surface area contributed by atoms with Crippen LogP contribution in [0.1, 0.15) is 34.0 Å². The largest absolute Gasteiger partial charge is 0.355 e. The summed E-state index contributed by atoms with van der Waals surface area (Å²) in [4.78, 5) is 14.2. The van der Waals surface area contributed by atoms with Gasteiger partial charge in [0.25, 0.3) is 5.91 Å². The number of carbonyl (C=O) groups excluding carboxylic acids is 1. The van der Waals surface area contributed by atoms with Crippen molar-refractivity contribution in [2.24, 2.45) is 7.05 Å². The second kappa shape index (κ2) is 5.69. The number of H-pyrrole nitrogens is 1. The molecule has 0 saturated carbocycles. The summed E-state index contributed by atoms with van der Waals surface area (Å²) in [6.07, 6.45) is 6.59. The standard InChI is InChI=1S/C14H20N6O/c1-15-14(21)12-6-16-18-13(12)11-3-4-20(9-11)8-10-5-17-19(2)7-10/h5-7,11H,3-4,8-9H2,1-2H3,(H,15,21)(H,16,18)/t11-/m0/s1. The summed E-state index contributed by atoms with van der Waals surface area (Å²) >= 11 is 0. The van der Waals surface area contributed by atoms with E-state index in [1.54, 1.807) is 13.2 Å². The van der Waals surface area contributed by atoms with Crippen LogP contribution >= 0.6 is 0 Å². The Morgan fingerprint density at radius 1 is 1.52 bits per heavy atom. The fraction of sp³-hybridized carbons (Fsp3) is 0.500. The predicted molar refractivity (Wildman–Crippen MR) is 77.8 cm³/mol. The minimum atomic E-state index is -0.0792. The molecule has 2 N–H and O–H groups in total. The van der Waals surface area contributed by atoms with E-state index in [4.69, 9.17) is 0 Å². The van der Waals surface area contributed by atoms with Crippen LogP contribution < -0.4 is 5.32 Å². The van der Waals surface area contributed by atoms with Crippen molar-refractivity contribution in [3.63, 3.8) is 0 Å². The van der Waals surface area contributed by atoms with Gasteiger partial charge in [-0.2, -0.15) is 10.2 Å². The lowest BCUT2D eigenvalue weighted by Crippen LogP contribution is -2.22. The first-order valence-corrected chi connectivity index (χ1v) is 7.12. The average molecular weight is 288 g/mol. The van der Waals surface area contributed by atoms with E-state index in [9.17, 15) is 4.79 Å². The summed E-state index contributed by atoms with van der Waals surface area (Å²) in [5.74, 6) is 0.251. The van der Waals surface area contributed by atoms with Crippen LogP contribution in [0.15, 0.2) is 18.6 Å². The molecule has 3 rings (SSSR count). The summed E-state index contributed by atoms with van der Waals surface area (Å²) in [7, 11) is 3.57. The number of aromatic amines is 1. The minimum absolute atomic E-state index is 0.0792. The molecule has 1 aliphatic rings. The number of carbonyl (C=O) groups is 1. The zero-order valence-electron chi connectivity index (χ0n) is 12.3. The Hall–Kier alpha value is -2.15. The highest BCUT2D eigenvalue weighted by Gasteiger charge is 2.28. The first-order chi connectivity index (χ1) is 10.2. The monoisotopic (exact) mass is 288 g/mol. The molecule has 1 fully saturated rings. The van der Waals surface area contributed by atoms with E-state index in [-0.39, 0.29) is 5.91 Å². The van der Waals surface area contributed by atoms with Crippen molar-refractivity contribution in [3.8, 4) is 0 Å². The summed E-state index contributed by atoms with van der Waals surface area (Å²) in [5.41, 5.74) is 2.82. The third-order valence-electron chi connectivity index (χ3n) is 3.99. The topological polar surface area (TPSA) is 78.8 Å². The summed E-state index contributed by atoms with van der Waals surface area (Å²) < 4.78 is 1.82. The molecule has 2 aromatic heterocycles. The highest BCUT2D eigenvalue weighted by atomic mass is 16.1. The third kappa shape index (κ3) is 2.82. The number of hydrogen-bond acceptors (Lipinski definition) is 4. The Bertz CT molecular complexity index is 631. The zero-order chi connectivity index (χ0) is 14.8. The molecule has 0 radical (unpaired) electrons. The minimum Gasteiger partial charge on any atom is -0.355 e. The Labute approximate surface area is 123 Å². The molecule has 1 aliphatic heterocycles. The van der Waals surface area contributed by atoms with Crippen LogP contribution in [0.3, 0.4) is 0 Å². The number of aromatic nitrogens is 4. The van der Waals surface area contributed by atoms with Crippen molar-refractivity contribution in [1.82, 2.24) is 30.2 Å². The molecule has 7 nitrogen and oxygen atoms in total. The SMILES string of the molecule is CNC(=O)c1cn[nH]c1[C@H]1CCN(Cc2cnn(C)c2)C1. The molecule has 3 heterocycles. The molecule has 0 unspecified atom stereocenters. The van der Waals surface area contributed by atoms with Crippen LogP contribution in [-0.4, -0.2) is 50.9 Å². The molecule has 1 atom stereocenters. The number of rotatable bonds is 4. The van der Waals surface area contributed by atoms with Crippen molar-refractivity contribution in [3.05, 3.63) is 35.4 Å². The summed E-state index contributed by atoms with van der Waals surface area (Å²) in [6.45, 7) is 2.85. The van der Waals surface area contributed by atoms with Crippen LogP contribution in [-0.2, 0) is 13.6 Å². The van der Waals surface area contributed by atoms with Crippen molar-refractivity contribution in [2.45, 2.75) is 18.9 Å². The number of aryl methyl sites for hydroxylation is 1. The Morgan fingerprint density at radius 2 is 2.38 bits per heavy atom. The highest BCUT2D eigenvalue weighted by molar-refractivity contribution is 5.95. The second-order valence-corrected chi connectivity index (χ2v) is 5.52. The van der Waals surface area contributed by atoms with E-state index in [0.29, 0.717) is 11.5 Å². The van der Waals surface area contributed by atoms with Crippen LogP contribution in [0, 0.1) is 0 Å². The maximum Gasteiger partial charge on any atom is 0.254 e. The van der Waals surface area contributed by atoms with E-state index in [1.165, 1.54) is 5.56 Å². The number of nitrogens with zero attached hydrogens (tertiary/aromatic N) is 4. The van der Waals surface area contributed by atoms with Gasteiger partial charge in [0, 0.05) is 44.9 Å². The normalized spacial score (nSPS) is 19.0. The van der Waals surface area contributed by atoms with Gasteiger partial charge in [-0.25, -0.2) is 0 Å². The number of amides is 1. The zero-order valence-corrected chi connectivity index (χ0v) is 12.3. The second-order valence-electron chi connectivity index (χ2n) is 5.52. The quantitative estimate of drug-likeness (QED) is 0.858. The number of hydrogen-bond donors (Lipinski definition) is 2. The van der Waals surface area contributed by atoms with Gasteiger partial charge in [0.2, 0.25) is 0 Å². The summed E-state index contributed by atoms with van der Waals surface area (Å²) in [6, 6.07) is 0. The van der Waals surface area contributed by atoms with Gasteiger partial charge in [0.05, 0.1) is 23.7 Å². The highest BCUT2D eigenvalue weighted by Crippen LogP contribution is 2.28. The van der Waals surface area contributed by atoms with Crippen molar-refractivity contribution in [1.29, 1.82) is 0 Å². The molecule has 0 spiro atoms. The van der Waals surface area contributed by atoms with Gasteiger partial charge in [0.1, 0.15) is 0 Å². The van der Waals surface area contributed by atoms with Gasteiger partial charge < -0.3 is 5.32 Å². The molecule has 21 heavy (non-hydrogen) atoms. The number of likely N-dealkylation sites (tertiary alicyclic amines) is 1. The predicted octanol–water partition coefficient (Wildman–Crippen LogP) is 0.492. The molecule has 0 bridgehead atoms. The van der Waals surface area contributed by atoms with Crippen molar-refractivity contribution < 1.29 is 4.79 Å². The van der Waals surface area contributed by atoms with Gasteiger partial charge >= 0.3 is 0 Å². The molecule has 0 aromatic carbocycles. The van der Waals surface area contributed by atoms with Gasteiger partial charge in [-0.05, 0) is 13.0 Å². The van der Waals surface area contributed by atoms with E-state index >= 15 is 0 Å². The molecule has 7 heteroatoms. The molecule has 1 saturated heterocycles. The van der Waals surface area contributed by atoms with Crippen LogP contribution in [0.4, 0.5) is 0 Å². The van der Waals surface area contributed by atoms with Crippen molar-refractivity contribution in [2.75, 3.05) is 20.1 Å². The van der Waals surface area contributed by atoms with E-state index in [1.807, 2.05) is 24.1 Å². The Balaban J connectivity index is 1.67. The van der Waals surface area contributed by atoms with Gasteiger partial charge in [-0.15, -0.1) is 0 Å². The first-order valence-electron chi connectivity index (χ1n) is 7.12. The average Bonchev–Trinajstić information content (AvgIpc) is 3.18. The summed E-state index contributed by atoms with van der Waals surface area (Å²) in [5, 5.41) is 13.9. The van der Waals surface area contributed by atoms with Crippen LogP contribution in [0.25, 0.3) is 0 Å². The number of nitrogens with one attached hydrogen (secondary N) is 2. The fourth-order valence-electron chi connectivity index (χ4n) is 2.95. The maximum atomic E-state index is 11.8. The maximum absolute atomic E-state index is 11.8. The fourth-order valence-corrected chi connectivity index (χ4v) is 2.95. The lowest BCUT2D eigenvalue weighted by molar-refractivity contribution is 0.0961. The van der Waals surface area contributed by atoms with Gasteiger partial charge in [0.15, 0.2) is 0 Å². The van der Waals surface area contributed by atoms with E-state index in [2.05, 4.69) is 25.5 Å². The van der Waals surface area contributed by atoms with Crippen LogP contribution in [0.2, 0.25) is 0 Å². The van der Waals surface area contributed by atoms with Crippen molar-refractivity contribution >= 4 is 5.91 Å². The molecular formula is C14H20N6O. The molecule has 1 amide bonds. The first kappa shape index (κ1) is 13.8. The Morgan fingerprint density at radius 3 is 3.10 bits per heavy atom. The van der Waals surface area contributed by atoms with Gasteiger partial charge in [-0.3, -0.25) is 19.5 Å². The van der Waals surface area contributed by atoms with Crippen LogP contribution in [0.5, 0.6) is 0 Å². The third-order valence-corrected chi connectivity index (χ3v) is 3.99. The van der Waals surface area contributed by atoms with E-state index < -0.39 is 0 Å². The van der Waals surface area contributed by atoms with E-state index in [0.717, 1.165) is 31.7 Å². The van der Waals surface area contributed by atoms with Gasteiger partial charge in [-0.1, -0.05) is 0 Å². The Kier molecular flexibility index (Phi) is 3.74. The molecular weight excluding hydrogens is 268 g/mol. The molecule has 112 valence electrons.